The number of ether oxygens (including phenoxy) is 2. The number of aliphatic hydroxyl groups excluding tert-OH is 1. The second-order valence-corrected chi connectivity index (χ2v) is 7.70. The molecule has 0 rings (SSSR count). The quantitative estimate of drug-likeness (QED) is 0.216. The lowest BCUT2D eigenvalue weighted by Gasteiger charge is -2.15. The summed E-state index contributed by atoms with van der Waals surface area (Å²) in [5.41, 5.74) is 0. The molecule has 0 spiro atoms. The van der Waals surface area contributed by atoms with Crippen LogP contribution in [-0.4, -0.2) is 37.6 Å². The lowest BCUT2D eigenvalue weighted by atomic mass is 10.1. The Morgan fingerprint density at radius 2 is 1.00 bits per heavy atom. The van der Waals surface area contributed by atoms with Crippen molar-refractivity contribution in [3.8, 4) is 0 Å². The van der Waals surface area contributed by atoms with E-state index < -0.39 is 0 Å². The first-order valence-corrected chi connectivity index (χ1v) is 11.6. The molecule has 0 saturated carbocycles. The molecule has 0 fully saturated rings. The van der Waals surface area contributed by atoms with Crippen molar-refractivity contribution in [3.63, 3.8) is 0 Å². The van der Waals surface area contributed by atoms with E-state index in [0.717, 1.165) is 26.1 Å². The fourth-order valence-electron chi connectivity index (χ4n) is 3.19. The summed E-state index contributed by atoms with van der Waals surface area (Å²) in [7, 11) is 0. The van der Waals surface area contributed by atoms with Gasteiger partial charge in [-0.3, -0.25) is 0 Å². The van der Waals surface area contributed by atoms with Crippen LogP contribution in [0.4, 0.5) is 0 Å². The molecule has 0 heterocycles. The van der Waals surface area contributed by atoms with Crippen LogP contribution in [0.5, 0.6) is 0 Å². The first kappa shape index (κ1) is 25.9. The van der Waals surface area contributed by atoms with Gasteiger partial charge in [0.15, 0.2) is 0 Å². The van der Waals surface area contributed by atoms with E-state index in [4.69, 9.17) is 9.47 Å². The summed E-state index contributed by atoms with van der Waals surface area (Å²) < 4.78 is 11.4. The van der Waals surface area contributed by atoms with E-state index in [1.165, 1.54) is 89.9 Å². The van der Waals surface area contributed by atoms with Crippen molar-refractivity contribution >= 4 is 0 Å². The highest BCUT2D eigenvalue weighted by molar-refractivity contribution is 4.55. The van der Waals surface area contributed by atoms with E-state index in [1.807, 2.05) is 0 Å². The highest BCUT2D eigenvalue weighted by Gasteiger charge is 2.07. The van der Waals surface area contributed by atoms with Gasteiger partial charge in [-0.05, 0) is 12.8 Å². The Labute approximate surface area is 164 Å². The third-order valence-electron chi connectivity index (χ3n) is 5.00. The molecule has 0 bridgehead atoms. The predicted octanol–water partition coefficient (Wildman–Crippen LogP) is 6.66. The first-order chi connectivity index (χ1) is 12.8. The van der Waals surface area contributed by atoms with Crippen LogP contribution in [0.15, 0.2) is 0 Å². The molecular formula is C23H48O3. The van der Waals surface area contributed by atoms with Gasteiger partial charge in [-0.15, -0.1) is 0 Å². The van der Waals surface area contributed by atoms with Crippen LogP contribution >= 0.6 is 0 Å². The maximum absolute atomic E-state index is 9.39. The van der Waals surface area contributed by atoms with Gasteiger partial charge in [-0.1, -0.05) is 104 Å². The Kier molecular flexibility index (Phi) is 22.8. The van der Waals surface area contributed by atoms with E-state index in [9.17, 15) is 5.11 Å². The first-order valence-electron chi connectivity index (χ1n) is 11.6. The smallest absolute Gasteiger partial charge is 0.104 e. The lowest BCUT2D eigenvalue weighted by Crippen LogP contribution is -2.24. The number of rotatable bonds is 22. The van der Waals surface area contributed by atoms with Crippen molar-refractivity contribution in [1.29, 1.82) is 0 Å². The van der Waals surface area contributed by atoms with Gasteiger partial charge in [0.2, 0.25) is 0 Å². The van der Waals surface area contributed by atoms with E-state index in [2.05, 4.69) is 13.8 Å². The summed E-state index contributed by atoms with van der Waals surface area (Å²) in [5.74, 6) is 0. The van der Waals surface area contributed by atoms with Crippen LogP contribution in [0.3, 0.4) is 0 Å². The van der Waals surface area contributed by atoms with Crippen molar-refractivity contribution in [2.75, 3.05) is 26.4 Å². The minimum absolute atomic E-state index is 0.0639. The number of hydrogen-bond donors (Lipinski definition) is 1. The predicted molar refractivity (Wildman–Crippen MR) is 113 cm³/mol. The average molecular weight is 373 g/mol. The molecule has 0 aliphatic heterocycles. The van der Waals surface area contributed by atoms with Gasteiger partial charge in [0.25, 0.3) is 0 Å². The fraction of sp³-hybridized carbons (Fsp3) is 1.00. The molecule has 1 N–H and O–H groups in total. The Hall–Kier alpha value is -0.120. The van der Waals surface area contributed by atoms with Crippen LogP contribution < -0.4 is 0 Å². The third-order valence-corrected chi connectivity index (χ3v) is 5.00. The summed E-state index contributed by atoms with van der Waals surface area (Å²) in [6.07, 6.45) is 20.9. The van der Waals surface area contributed by atoms with Gasteiger partial charge < -0.3 is 14.6 Å². The molecule has 0 aliphatic carbocycles. The molecule has 0 radical (unpaired) electrons. The van der Waals surface area contributed by atoms with Crippen molar-refractivity contribution in [3.05, 3.63) is 0 Å². The van der Waals surface area contributed by atoms with Gasteiger partial charge in [-0.25, -0.2) is 0 Å². The minimum atomic E-state index is -0.145. The summed E-state index contributed by atoms with van der Waals surface area (Å²) in [6, 6.07) is 0. The zero-order valence-electron chi connectivity index (χ0n) is 18.0. The van der Waals surface area contributed by atoms with Gasteiger partial charge >= 0.3 is 0 Å². The summed E-state index contributed by atoms with van der Waals surface area (Å²) >= 11 is 0. The van der Waals surface area contributed by atoms with Crippen molar-refractivity contribution in [2.45, 2.75) is 123 Å². The summed E-state index contributed by atoms with van der Waals surface area (Å²) in [4.78, 5) is 0. The van der Waals surface area contributed by atoms with Crippen LogP contribution in [0, 0.1) is 0 Å². The molecule has 158 valence electrons. The van der Waals surface area contributed by atoms with Gasteiger partial charge in [0, 0.05) is 13.2 Å². The molecule has 3 nitrogen and oxygen atoms in total. The molecule has 1 atom stereocenters. The monoisotopic (exact) mass is 372 g/mol. The van der Waals surface area contributed by atoms with E-state index >= 15 is 0 Å². The van der Waals surface area contributed by atoms with Crippen LogP contribution in [0.1, 0.15) is 117 Å². The van der Waals surface area contributed by atoms with E-state index in [-0.39, 0.29) is 12.7 Å². The fourth-order valence-corrected chi connectivity index (χ4v) is 3.19. The molecule has 1 unspecified atom stereocenters. The Morgan fingerprint density at radius 1 is 0.577 bits per heavy atom. The number of unbranched alkanes of at least 4 members (excludes halogenated alkanes) is 14. The standard InChI is InChI=1S/C23H48O3/c1-3-5-7-9-11-13-15-17-19-25-22-23(21-24)26-20-18-16-14-12-10-8-6-4-2/h23-24H,3-22H2,1-2H3. The minimum Gasteiger partial charge on any atom is -0.394 e. The Morgan fingerprint density at radius 3 is 1.46 bits per heavy atom. The third kappa shape index (κ3) is 20.2. The topological polar surface area (TPSA) is 38.7 Å². The molecule has 0 aliphatic rings. The van der Waals surface area contributed by atoms with Crippen LogP contribution in [0.25, 0.3) is 0 Å². The molecule has 0 saturated heterocycles. The Bertz CT molecular complexity index is 246. The highest BCUT2D eigenvalue weighted by Crippen LogP contribution is 2.10. The highest BCUT2D eigenvalue weighted by atomic mass is 16.5. The van der Waals surface area contributed by atoms with Crippen molar-refractivity contribution in [1.82, 2.24) is 0 Å². The molecule has 0 amide bonds. The zero-order chi connectivity index (χ0) is 19.1. The molecule has 0 aromatic carbocycles. The molecule has 0 aromatic rings. The van der Waals surface area contributed by atoms with Crippen molar-refractivity contribution in [2.24, 2.45) is 0 Å². The normalized spacial score (nSPS) is 12.6. The van der Waals surface area contributed by atoms with Gasteiger partial charge in [-0.2, -0.15) is 0 Å². The van der Waals surface area contributed by atoms with Crippen LogP contribution in [0.2, 0.25) is 0 Å². The lowest BCUT2D eigenvalue weighted by molar-refractivity contribution is -0.0437. The summed E-state index contributed by atoms with van der Waals surface area (Å²) in [5, 5.41) is 9.39. The Balaban J connectivity index is 3.28. The van der Waals surface area contributed by atoms with E-state index in [0.29, 0.717) is 6.61 Å². The molecule has 0 aromatic heterocycles. The number of hydrogen-bond acceptors (Lipinski definition) is 3. The zero-order valence-corrected chi connectivity index (χ0v) is 18.0. The molecule has 26 heavy (non-hydrogen) atoms. The maximum Gasteiger partial charge on any atom is 0.104 e. The van der Waals surface area contributed by atoms with Gasteiger partial charge in [0.1, 0.15) is 6.10 Å². The molecule has 3 heteroatoms. The second kappa shape index (κ2) is 22.9. The largest absolute Gasteiger partial charge is 0.394 e. The maximum atomic E-state index is 9.39. The average Bonchev–Trinajstić information content (AvgIpc) is 2.66. The summed E-state index contributed by atoms with van der Waals surface area (Å²) in [6.45, 7) is 6.66. The molecular weight excluding hydrogens is 324 g/mol. The van der Waals surface area contributed by atoms with Crippen molar-refractivity contribution < 1.29 is 14.6 Å². The van der Waals surface area contributed by atoms with E-state index in [1.54, 1.807) is 0 Å². The number of aliphatic hydroxyl groups is 1. The SMILES string of the molecule is CCCCCCCCCCOCC(CO)OCCCCCCCCCC. The van der Waals surface area contributed by atoms with Gasteiger partial charge in [0.05, 0.1) is 13.2 Å². The van der Waals surface area contributed by atoms with Crippen LogP contribution in [-0.2, 0) is 9.47 Å². The second-order valence-electron chi connectivity index (χ2n) is 7.70.